The molecular formula is C10H12Br2O2S. The Morgan fingerprint density at radius 2 is 2.27 bits per heavy atom. The largest absolute Gasteiger partial charge is 0.385 e. The standard InChI is InChI=1S/C10H12Br2O2S/c1-5-2-3-7(14-5)9(13)8-4-6(11)10(12)15-8/h4-5,7,9,13H,2-3H2,1H3. The molecule has 2 rings (SSSR count). The molecule has 3 atom stereocenters. The van der Waals surface area contributed by atoms with Gasteiger partial charge in [-0.25, -0.2) is 0 Å². The quantitative estimate of drug-likeness (QED) is 0.872. The molecule has 1 aromatic heterocycles. The zero-order valence-electron chi connectivity index (χ0n) is 8.24. The summed E-state index contributed by atoms with van der Waals surface area (Å²) in [5.74, 6) is 0. The second-order valence-electron chi connectivity index (χ2n) is 3.78. The molecule has 1 aromatic rings. The van der Waals surface area contributed by atoms with Crippen molar-refractivity contribution in [2.24, 2.45) is 0 Å². The summed E-state index contributed by atoms with van der Waals surface area (Å²) in [5, 5.41) is 10.1. The SMILES string of the molecule is CC1CCC(C(O)c2cc(Br)c(Br)s2)O1. The number of hydrogen-bond donors (Lipinski definition) is 1. The molecule has 1 aliphatic rings. The minimum absolute atomic E-state index is 0.0440. The lowest BCUT2D eigenvalue weighted by atomic mass is 10.1. The first-order chi connectivity index (χ1) is 7.08. The van der Waals surface area contributed by atoms with E-state index in [1.165, 1.54) is 0 Å². The van der Waals surface area contributed by atoms with Gasteiger partial charge in [0, 0.05) is 9.35 Å². The molecule has 0 radical (unpaired) electrons. The highest BCUT2D eigenvalue weighted by atomic mass is 79.9. The van der Waals surface area contributed by atoms with E-state index >= 15 is 0 Å². The van der Waals surface area contributed by atoms with Crippen molar-refractivity contribution in [1.29, 1.82) is 0 Å². The van der Waals surface area contributed by atoms with Gasteiger partial charge < -0.3 is 9.84 Å². The smallest absolute Gasteiger partial charge is 0.114 e. The molecule has 0 saturated carbocycles. The third kappa shape index (κ3) is 2.64. The number of thiophene rings is 1. The highest BCUT2D eigenvalue weighted by Crippen LogP contribution is 2.39. The van der Waals surface area contributed by atoms with E-state index in [-0.39, 0.29) is 12.2 Å². The van der Waals surface area contributed by atoms with Crippen LogP contribution in [0.2, 0.25) is 0 Å². The third-order valence-electron chi connectivity index (χ3n) is 2.57. The number of aliphatic hydroxyl groups excluding tert-OH is 1. The fourth-order valence-corrected chi connectivity index (χ4v) is 3.89. The van der Waals surface area contributed by atoms with Crippen molar-refractivity contribution in [3.05, 3.63) is 19.2 Å². The lowest BCUT2D eigenvalue weighted by Gasteiger charge is -2.16. The van der Waals surface area contributed by atoms with Crippen molar-refractivity contribution >= 4 is 43.2 Å². The second-order valence-corrected chi connectivity index (χ2v) is 7.03. The Hall–Kier alpha value is 0.580. The summed E-state index contributed by atoms with van der Waals surface area (Å²) in [6.45, 7) is 2.05. The second kappa shape index (κ2) is 4.84. The zero-order valence-corrected chi connectivity index (χ0v) is 12.2. The Morgan fingerprint density at radius 3 is 2.73 bits per heavy atom. The van der Waals surface area contributed by atoms with Gasteiger partial charge in [0.15, 0.2) is 0 Å². The van der Waals surface area contributed by atoms with Crippen molar-refractivity contribution in [3.8, 4) is 0 Å². The molecule has 1 N–H and O–H groups in total. The van der Waals surface area contributed by atoms with E-state index in [1.807, 2.05) is 13.0 Å². The Labute approximate surface area is 110 Å². The minimum Gasteiger partial charge on any atom is -0.385 e. The number of ether oxygens (including phenoxy) is 1. The molecule has 0 spiro atoms. The van der Waals surface area contributed by atoms with Crippen LogP contribution in [-0.2, 0) is 4.74 Å². The van der Waals surface area contributed by atoms with E-state index in [4.69, 9.17) is 4.74 Å². The van der Waals surface area contributed by atoms with Crippen molar-refractivity contribution in [1.82, 2.24) is 0 Å². The topological polar surface area (TPSA) is 29.5 Å². The molecule has 0 aliphatic carbocycles. The number of hydrogen-bond acceptors (Lipinski definition) is 3. The van der Waals surface area contributed by atoms with Gasteiger partial charge in [0.05, 0.1) is 16.0 Å². The Kier molecular flexibility index (Phi) is 3.88. The van der Waals surface area contributed by atoms with E-state index in [0.29, 0.717) is 0 Å². The van der Waals surface area contributed by atoms with E-state index in [2.05, 4.69) is 31.9 Å². The summed E-state index contributed by atoms with van der Waals surface area (Å²) in [6, 6.07) is 1.95. The highest BCUT2D eigenvalue weighted by Gasteiger charge is 2.30. The first kappa shape index (κ1) is 12.0. The van der Waals surface area contributed by atoms with Gasteiger partial charge >= 0.3 is 0 Å². The van der Waals surface area contributed by atoms with Crippen LogP contribution in [0.15, 0.2) is 14.3 Å². The molecule has 1 fully saturated rings. The van der Waals surface area contributed by atoms with Gasteiger partial charge in [-0.15, -0.1) is 11.3 Å². The van der Waals surface area contributed by atoms with Gasteiger partial charge in [-0.3, -0.25) is 0 Å². The van der Waals surface area contributed by atoms with Crippen LogP contribution >= 0.6 is 43.2 Å². The van der Waals surface area contributed by atoms with Crippen LogP contribution in [0.5, 0.6) is 0 Å². The molecule has 0 bridgehead atoms. The molecule has 1 aliphatic heterocycles. The normalized spacial score (nSPS) is 28.3. The van der Waals surface area contributed by atoms with E-state index in [1.54, 1.807) is 11.3 Å². The summed E-state index contributed by atoms with van der Waals surface area (Å²) < 4.78 is 7.66. The van der Waals surface area contributed by atoms with E-state index < -0.39 is 6.10 Å². The van der Waals surface area contributed by atoms with E-state index in [0.717, 1.165) is 26.0 Å². The average Bonchev–Trinajstić information content (AvgIpc) is 2.74. The zero-order chi connectivity index (χ0) is 11.0. The lowest BCUT2D eigenvalue weighted by Crippen LogP contribution is -2.17. The predicted molar refractivity (Wildman–Crippen MR) is 68.2 cm³/mol. The van der Waals surface area contributed by atoms with Gasteiger partial charge in [-0.05, 0) is 57.7 Å². The fraction of sp³-hybridized carbons (Fsp3) is 0.600. The molecule has 84 valence electrons. The van der Waals surface area contributed by atoms with Crippen LogP contribution in [0.3, 0.4) is 0 Å². The fourth-order valence-electron chi connectivity index (χ4n) is 1.76. The van der Waals surface area contributed by atoms with Crippen LogP contribution in [0.4, 0.5) is 0 Å². The molecule has 1 saturated heterocycles. The molecule has 3 unspecified atom stereocenters. The van der Waals surface area contributed by atoms with Crippen LogP contribution in [0.25, 0.3) is 0 Å². The Morgan fingerprint density at radius 1 is 1.53 bits per heavy atom. The summed E-state index contributed by atoms with van der Waals surface area (Å²) in [6.07, 6.45) is 1.71. The minimum atomic E-state index is -0.498. The monoisotopic (exact) mass is 354 g/mol. The maximum Gasteiger partial charge on any atom is 0.114 e. The number of rotatable bonds is 2. The molecule has 2 heterocycles. The van der Waals surface area contributed by atoms with Crippen LogP contribution in [0, 0.1) is 0 Å². The summed E-state index contributed by atoms with van der Waals surface area (Å²) in [5.41, 5.74) is 0. The highest BCUT2D eigenvalue weighted by molar-refractivity contribution is 9.13. The van der Waals surface area contributed by atoms with Gasteiger partial charge in [0.1, 0.15) is 6.10 Å². The first-order valence-electron chi connectivity index (χ1n) is 4.86. The summed E-state index contributed by atoms with van der Waals surface area (Å²) in [7, 11) is 0. The van der Waals surface area contributed by atoms with E-state index in [9.17, 15) is 5.11 Å². The summed E-state index contributed by atoms with van der Waals surface area (Å²) in [4.78, 5) is 0.952. The Bertz CT molecular complexity index is 334. The van der Waals surface area contributed by atoms with Crippen molar-refractivity contribution < 1.29 is 9.84 Å². The molecule has 0 amide bonds. The van der Waals surface area contributed by atoms with Gasteiger partial charge in [-0.2, -0.15) is 0 Å². The first-order valence-corrected chi connectivity index (χ1v) is 7.26. The maximum atomic E-state index is 10.1. The molecule has 2 nitrogen and oxygen atoms in total. The lowest BCUT2D eigenvalue weighted by molar-refractivity contribution is -0.0283. The maximum absolute atomic E-state index is 10.1. The average molecular weight is 356 g/mol. The molecule has 5 heteroatoms. The summed E-state index contributed by atoms with van der Waals surface area (Å²) >= 11 is 8.39. The predicted octanol–water partition coefficient (Wildman–Crippen LogP) is 3.87. The van der Waals surface area contributed by atoms with Crippen molar-refractivity contribution in [2.45, 2.75) is 38.1 Å². The molecule has 15 heavy (non-hydrogen) atoms. The van der Waals surface area contributed by atoms with Crippen LogP contribution in [-0.4, -0.2) is 17.3 Å². The van der Waals surface area contributed by atoms with Crippen LogP contribution in [0.1, 0.15) is 30.7 Å². The molecule has 0 aromatic carbocycles. The van der Waals surface area contributed by atoms with Crippen LogP contribution < -0.4 is 0 Å². The van der Waals surface area contributed by atoms with Gasteiger partial charge in [0.25, 0.3) is 0 Å². The molecular weight excluding hydrogens is 344 g/mol. The van der Waals surface area contributed by atoms with Crippen molar-refractivity contribution in [2.75, 3.05) is 0 Å². The third-order valence-corrected chi connectivity index (χ3v) is 5.90. The Balaban J connectivity index is 2.10. The van der Waals surface area contributed by atoms with Gasteiger partial charge in [0.2, 0.25) is 0 Å². The van der Waals surface area contributed by atoms with Crippen molar-refractivity contribution in [3.63, 3.8) is 0 Å². The number of aliphatic hydroxyl groups is 1. The van der Waals surface area contributed by atoms with Gasteiger partial charge in [-0.1, -0.05) is 0 Å². The number of halogens is 2.